The van der Waals surface area contributed by atoms with E-state index in [-0.39, 0.29) is 0 Å². The summed E-state index contributed by atoms with van der Waals surface area (Å²) in [5, 5.41) is 7.44. The van der Waals surface area contributed by atoms with Crippen molar-refractivity contribution in [2.75, 3.05) is 4.90 Å². The molecular weight excluding hydrogens is 715 g/mol. The molecule has 59 heavy (non-hydrogen) atoms. The van der Waals surface area contributed by atoms with E-state index in [1.807, 2.05) is 0 Å². The van der Waals surface area contributed by atoms with Crippen molar-refractivity contribution in [1.82, 2.24) is 0 Å². The van der Waals surface area contributed by atoms with Crippen molar-refractivity contribution in [3.05, 3.63) is 210 Å². The monoisotopic (exact) mass is 755 g/mol. The first-order valence-electron chi connectivity index (χ1n) is 21.4. The summed E-state index contributed by atoms with van der Waals surface area (Å²) in [6, 6.07) is 68.4. The van der Waals surface area contributed by atoms with Crippen molar-refractivity contribution in [1.29, 1.82) is 0 Å². The van der Waals surface area contributed by atoms with E-state index >= 15 is 0 Å². The van der Waals surface area contributed by atoms with Crippen LogP contribution in [0.25, 0.3) is 65.7 Å². The van der Waals surface area contributed by atoms with Gasteiger partial charge in [-0.25, -0.2) is 0 Å². The van der Waals surface area contributed by atoms with Crippen molar-refractivity contribution in [2.24, 2.45) is 0 Å². The van der Waals surface area contributed by atoms with E-state index in [1.165, 1.54) is 104 Å². The van der Waals surface area contributed by atoms with Gasteiger partial charge in [-0.2, -0.15) is 0 Å². The lowest BCUT2D eigenvalue weighted by Crippen LogP contribution is -2.34. The molecule has 0 bridgehead atoms. The van der Waals surface area contributed by atoms with Gasteiger partial charge in [0.25, 0.3) is 0 Å². The maximum atomic E-state index is 6.56. The van der Waals surface area contributed by atoms with E-state index in [4.69, 9.17) is 4.42 Å². The van der Waals surface area contributed by atoms with Crippen LogP contribution in [-0.4, -0.2) is 0 Å². The first kappa shape index (κ1) is 33.1. The molecule has 9 aromatic carbocycles. The van der Waals surface area contributed by atoms with Gasteiger partial charge in [0.05, 0.1) is 11.1 Å². The Bertz CT molecular complexity index is 3340. The Morgan fingerprint density at radius 2 is 1.07 bits per heavy atom. The minimum absolute atomic E-state index is 0.508. The van der Waals surface area contributed by atoms with Crippen LogP contribution < -0.4 is 4.90 Å². The summed E-state index contributed by atoms with van der Waals surface area (Å²) < 4.78 is 6.56. The molecule has 0 radical (unpaired) electrons. The van der Waals surface area contributed by atoms with E-state index in [0.29, 0.717) is 5.92 Å². The fraction of sp³-hybridized carbons (Fsp3) is 0.123. The van der Waals surface area contributed by atoms with Crippen molar-refractivity contribution in [3.63, 3.8) is 0 Å². The standard InChI is InChI=1S/C57H41NO/c1-2-14-37(15-3-1)42-31-28-38-18-12-23-48-44-21-7-10-25-50(44)57(56(42)55(38)48)49-24-9-6-20-43(49)45-32-29-39(34-51(45)57)58(52-26-13-17-36-16-4-5-19-41(36)52)40-30-33-47-46-22-8-11-27-53(46)59-54(47)35-40/h4-13,16-35,37H,1-3,14-15H2. The normalized spacial score (nSPS) is 16.8. The minimum Gasteiger partial charge on any atom is -0.456 e. The second-order valence-corrected chi connectivity index (χ2v) is 17.0. The lowest BCUT2D eigenvalue weighted by atomic mass is 9.59. The second-order valence-electron chi connectivity index (χ2n) is 17.0. The number of rotatable bonds is 4. The summed E-state index contributed by atoms with van der Waals surface area (Å²) in [6.07, 6.45) is 6.40. The van der Waals surface area contributed by atoms with E-state index in [0.717, 1.165) is 39.0 Å². The largest absolute Gasteiger partial charge is 0.456 e. The third-order valence-electron chi connectivity index (χ3n) is 14.0. The fourth-order valence-electron chi connectivity index (χ4n) is 11.6. The minimum atomic E-state index is -0.508. The van der Waals surface area contributed by atoms with Gasteiger partial charge in [0.1, 0.15) is 11.2 Å². The van der Waals surface area contributed by atoms with Crippen LogP contribution in [0.3, 0.4) is 0 Å². The molecule has 0 N–H and O–H groups in total. The van der Waals surface area contributed by atoms with Crippen molar-refractivity contribution in [3.8, 4) is 22.3 Å². The number of hydrogen-bond acceptors (Lipinski definition) is 2. The van der Waals surface area contributed by atoms with Crippen LogP contribution in [0.2, 0.25) is 0 Å². The predicted molar refractivity (Wildman–Crippen MR) is 246 cm³/mol. The Morgan fingerprint density at radius 1 is 0.441 bits per heavy atom. The number of anilines is 3. The van der Waals surface area contributed by atoms with E-state index in [9.17, 15) is 0 Å². The molecular formula is C57H41NO. The first-order valence-corrected chi connectivity index (χ1v) is 21.4. The number of para-hydroxylation sites is 1. The SMILES string of the molecule is c1ccc2c(c1)-c1ccc(N(c3ccc4c(c3)oc3ccccc34)c3cccc4ccccc34)cc1C21c2ccccc2-c2cccc3ccc(C4CCCCC4)c1c23. The van der Waals surface area contributed by atoms with Gasteiger partial charge in [-0.1, -0.05) is 159 Å². The van der Waals surface area contributed by atoms with Gasteiger partial charge in [0.2, 0.25) is 0 Å². The lowest BCUT2D eigenvalue weighted by Gasteiger charge is -2.43. The third kappa shape index (κ3) is 4.57. The van der Waals surface area contributed by atoms with E-state index in [2.05, 4.69) is 187 Å². The molecule has 2 heteroatoms. The Kier molecular flexibility index (Phi) is 7.04. The van der Waals surface area contributed by atoms with Crippen LogP contribution in [0, 0.1) is 0 Å². The topological polar surface area (TPSA) is 16.4 Å². The summed E-state index contributed by atoms with van der Waals surface area (Å²) in [7, 11) is 0. The zero-order valence-electron chi connectivity index (χ0n) is 32.8. The van der Waals surface area contributed by atoms with Gasteiger partial charge in [-0.15, -0.1) is 0 Å². The predicted octanol–water partition coefficient (Wildman–Crippen LogP) is 15.8. The van der Waals surface area contributed by atoms with Crippen molar-refractivity contribution >= 4 is 60.5 Å². The highest BCUT2D eigenvalue weighted by Gasteiger charge is 2.51. The number of furan rings is 1. The van der Waals surface area contributed by atoms with Crippen LogP contribution in [0.5, 0.6) is 0 Å². The summed E-state index contributed by atoms with van der Waals surface area (Å²) in [6.45, 7) is 0. The Morgan fingerprint density at radius 3 is 1.93 bits per heavy atom. The van der Waals surface area contributed by atoms with Crippen LogP contribution >= 0.6 is 0 Å². The highest BCUT2D eigenvalue weighted by Crippen LogP contribution is 2.64. The maximum Gasteiger partial charge on any atom is 0.137 e. The zero-order valence-corrected chi connectivity index (χ0v) is 32.8. The van der Waals surface area contributed by atoms with Crippen LogP contribution in [-0.2, 0) is 5.41 Å². The lowest BCUT2D eigenvalue weighted by molar-refractivity contribution is 0.440. The summed E-state index contributed by atoms with van der Waals surface area (Å²) in [4.78, 5) is 2.47. The second kappa shape index (κ2) is 12.5. The van der Waals surface area contributed by atoms with Gasteiger partial charge in [-0.05, 0) is 121 Å². The van der Waals surface area contributed by atoms with Crippen LogP contribution in [0.15, 0.2) is 186 Å². The molecule has 1 atom stereocenters. The zero-order chi connectivity index (χ0) is 38.7. The molecule has 1 spiro atoms. The van der Waals surface area contributed by atoms with E-state index < -0.39 is 5.41 Å². The fourth-order valence-corrected chi connectivity index (χ4v) is 11.6. The number of benzene rings is 9. The highest BCUT2D eigenvalue weighted by atomic mass is 16.3. The summed E-state index contributed by atoms with van der Waals surface area (Å²) in [5.74, 6) is 0.528. The van der Waals surface area contributed by atoms with Gasteiger partial charge in [0, 0.05) is 33.6 Å². The molecule has 0 aliphatic heterocycles. The number of fused-ring (bicyclic) bond motifs is 13. The van der Waals surface area contributed by atoms with Crippen molar-refractivity contribution < 1.29 is 4.42 Å². The molecule has 3 aliphatic carbocycles. The number of hydrogen-bond donors (Lipinski definition) is 0. The average Bonchev–Trinajstić information content (AvgIpc) is 3.81. The van der Waals surface area contributed by atoms with Gasteiger partial charge < -0.3 is 9.32 Å². The third-order valence-corrected chi connectivity index (χ3v) is 14.0. The molecule has 1 saturated carbocycles. The molecule has 280 valence electrons. The molecule has 1 unspecified atom stereocenters. The van der Waals surface area contributed by atoms with Gasteiger partial charge in [-0.3, -0.25) is 0 Å². The molecule has 1 heterocycles. The average molecular weight is 756 g/mol. The number of nitrogens with zero attached hydrogens (tertiary/aromatic N) is 1. The summed E-state index contributed by atoms with van der Waals surface area (Å²) >= 11 is 0. The van der Waals surface area contributed by atoms with E-state index in [1.54, 1.807) is 0 Å². The Labute approximate surface area is 344 Å². The maximum absolute atomic E-state index is 6.56. The quantitative estimate of drug-likeness (QED) is 0.178. The Hall–Kier alpha value is -6.90. The molecule has 0 saturated heterocycles. The summed E-state index contributed by atoms with van der Waals surface area (Å²) in [5.41, 5.74) is 17.1. The molecule has 10 aromatic rings. The molecule has 0 amide bonds. The molecule has 1 fully saturated rings. The highest BCUT2D eigenvalue weighted by molar-refractivity contribution is 6.09. The molecule has 3 aliphatic rings. The van der Waals surface area contributed by atoms with Gasteiger partial charge >= 0.3 is 0 Å². The van der Waals surface area contributed by atoms with Crippen LogP contribution in [0.1, 0.15) is 65.8 Å². The van der Waals surface area contributed by atoms with Crippen molar-refractivity contribution in [2.45, 2.75) is 43.4 Å². The molecule has 2 nitrogen and oxygen atoms in total. The Balaban J connectivity index is 1.14. The van der Waals surface area contributed by atoms with Gasteiger partial charge in [0.15, 0.2) is 0 Å². The molecule has 1 aromatic heterocycles. The van der Waals surface area contributed by atoms with Crippen LogP contribution in [0.4, 0.5) is 17.1 Å². The molecule has 13 rings (SSSR count). The smallest absolute Gasteiger partial charge is 0.137 e. The first-order chi connectivity index (χ1) is 29.3.